The highest BCUT2D eigenvalue weighted by Crippen LogP contribution is 2.62. The Morgan fingerprint density at radius 1 is 1.19 bits per heavy atom. The van der Waals surface area contributed by atoms with E-state index in [1.807, 2.05) is 30.3 Å². The van der Waals surface area contributed by atoms with E-state index < -0.39 is 0 Å². The summed E-state index contributed by atoms with van der Waals surface area (Å²) in [5, 5.41) is 0. The second-order valence-corrected chi connectivity index (χ2v) is 8.43. The molecule has 0 saturated heterocycles. The molecule has 2 aromatic heterocycles. The average molecular weight is 357 g/mol. The minimum Gasteiger partial charge on any atom is -0.384 e. The van der Waals surface area contributed by atoms with Crippen molar-refractivity contribution in [3.63, 3.8) is 0 Å². The molecule has 4 nitrogen and oxygen atoms in total. The minimum absolute atomic E-state index is 0.0352. The monoisotopic (exact) mass is 357 g/mol. The van der Waals surface area contributed by atoms with Crippen LogP contribution in [0.5, 0.6) is 0 Å². The molecule has 0 aliphatic heterocycles. The van der Waals surface area contributed by atoms with E-state index in [-0.39, 0.29) is 11.3 Å². The first-order valence-corrected chi connectivity index (χ1v) is 9.51. The van der Waals surface area contributed by atoms with Gasteiger partial charge in [-0.2, -0.15) is 0 Å². The van der Waals surface area contributed by atoms with Crippen molar-refractivity contribution >= 4 is 11.6 Å². The Balaban J connectivity index is 1.72. The fourth-order valence-electron chi connectivity index (χ4n) is 4.96. The van der Waals surface area contributed by atoms with Crippen molar-refractivity contribution in [3.05, 3.63) is 71.0 Å². The lowest BCUT2D eigenvalue weighted by Gasteiger charge is -2.54. The van der Waals surface area contributed by atoms with Crippen LogP contribution in [-0.4, -0.2) is 15.8 Å². The summed E-state index contributed by atoms with van der Waals surface area (Å²) in [5.74, 6) is 1.34. The van der Waals surface area contributed by atoms with Gasteiger partial charge in [-0.25, -0.2) is 4.98 Å². The van der Waals surface area contributed by atoms with Gasteiger partial charge in [0.05, 0.1) is 5.69 Å². The molecule has 2 atom stereocenters. The molecule has 3 aromatic rings. The van der Waals surface area contributed by atoms with Gasteiger partial charge in [0.1, 0.15) is 5.82 Å². The number of ketones is 1. The number of hydrogen-bond acceptors (Lipinski definition) is 3. The zero-order valence-electron chi connectivity index (χ0n) is 15.6. The smallest absolute Gasteiger partial charge is 0.168 e. The lowest BCUT2D eigenvalue weighted by Crippen LogP contribution is -2.51. The molecule has 1 saturated carbocycles. The normalized spacial score (nSPS) is 22.2. The molecule has 27 heavy (non-hydrogen) atoms. The number of anilines is 1. The molecular formula is C23H23N3O. The molecule has 0 radical (unpaired) electrons. The highest BCUT2D eigenvalue weighted by Gasteiger charge is 2.58. The zero-order chi connectivity index (χ0) is 18.8. The van der Waals surface area contributed by atoms with Gasteiger partial charge >= 0.3 is 0 Å². The van der Waals surface area contributed by atoms with Gasteiger partial charge < -0.3 is 10.7 Å². The van der Waals surface area contributed by atoms with Crippen LogP contribution in [0.1, 0.15) is 53.4 Å². The van der Waals surface area contributed by atoms with Crippen LogP contribution in [0.2, 0.25) is 0 Å². The number of benzene rings is 1. The van der Waals surface area contributed by atoms with E-state index in [4.69, 9.17) is 5.73 Å². The first-order valence-electron chi connectivity index (χ1n) is 9.51. The van der Waals surface area contributed by atoms with Crippen molar-refractivity contribution < 1.29 is 4.79 Å². The molecule has 3 aliphatic carbocycles. The maximum absolute atomic E-state index is 13.3. The maximum atomic E-state index is 13.3. The third-order valence-electron chi connectivity index (χ3n) is 6.61. The fourth-order valence-corrected chi connectivity index (χ4v) is 4.96. The van der Waals surface area contributed by atoms with Crippen LogP contribution in [0.3, 0.4) is 0 Å². The summed E-state index contributed by atoms with van der Waals surface area (Å²) in [6.07, 6.45) is 3.42. The standard InChI is InChI=1S/C23H23N3O/c1-23(2)16-12-17(23)22(27)19-15(10-13-6-4-3-5-7-13)20(26-21(16)19)14-8-9-25-18(24)11-14/h3-9,11,16-17,26H,10,12H2,1-2H3,(H2,24,25)/t16-,17+/m0/s1. The summed E-state index contributed by atoms with van der Waals surface area (Å²) in [7, 11) is 0. The van der Waals surface area contributed by atoms with Crippen molar-refractivity contribution in [2.75, 3.05) is 5.73 Å². The third kappa shape index (κ3) is 2.29. The number of aromatic amines is 1. The Morgan fingerprint density at radius 2 is 1.96 bits per heavy atom. The van der Waals surface area contributed by atoms with E-state index >= 15 is 0 Å². The van der Waals surface area contributed by atoms with Crippen molar-refractivity contribution in [2.24, 2.45) is 11.3 Å². The number of rotatable bonds is 3. The van der Waals surface area contributed by atoms with Gasteiger partial charge in [-0.1, -0.05) is 44.2 Å². The second-order valence-electron chi connectivity index (χ2n) is 8.43. The van der Waals surface area contributed by atoms with Gasteiger partial charge in [0.25, 0.3) is 0 Å². The van der Waals surface area contributed by atoms with E-state index in [1.54, 1.807) is 6.20 Å². The highest BCUT2D eigenvalue weighted by molar-refractivity contribution is 6.05. The fraction of sp³-hybridized carbons (Fsp3) is 0.304. The molecule has 0 spiro atoms. The summed E-state index contributed by atoms with van der Waals surface area (Å²) in [6.45, 7) is 4.43. The van der Waals surface area contributed by atoms with Gasteiger partial charge in [-0.3, -0.25) is 4.79 Å². The Hall–Kier alpha value is -2.88. The van der Waals surface area contributed by atoms with Crippen molar-refractivity contribution in [1.82, 2.24) is 9.97 Å². The molecule has 3 N–H and O–H groups in total. The Bertz CT molecular complexity index is 1050. The molecule has 4 heteroatoms. The number of nitrogen functional groups attached to an aromatic ring is 1. The van der Waals surface area contributed by atoms with Gasteiger partial charge in [-0.15, -0.1) is 0 Å². The molecule has 0 amide bonds. The number of carbonyl (C=O) groups excluding carboxylic acids is 1. The van der Waals surface area contributed by atoms with E-state index in [2.05, 4.69) is 35.9 Å². The number of aromatic nitrogens is 2. The predicted octanol–water partition coefficient (Wildman–Crippen LogP) is 4.58. The number of pyridine rings is 1. The summed E-state index contributed by atoms with van der Waals surface area (Å²) in [5.41, 5.74) is 12.3. The van der Waals surface area contributed by atoms with Gasteiger partial charge in [-0.05, 0) is 35.1 Å². The first kappa shape index (κ1) is 16.3. The lowest BCUT2D eigenvalue weighted by molar-refractivity contribution is 0.0193. The Morgan fingerprint density at radius 3 is 2.67 bits per heavy atom. The van der Waals surface area contributed by atoms with Crippen LogP contribution in [0.15, 0.2) is 48.7 Å². The highest BCUT2D eigenvalue weighted by atomic mass is 16.1. The van der Waals surface area contributed by atoms with Crippen molar-refractivity contribution in [1.29, 1.82) is 0 Å². The second kappa shape index (κ2) is 5.56. The number of nitrogens with two attached hydrogens (primary N) is 1. The molecule has 2 heterocycles. The van der Waals surface area contributed by atoms with Crippen molar-refractivity contribution in [2.45, 2.75) is 32.6 Å². The third-order valence-corrected chi connectivity index (χ3v) is 6.61. The number of nitrogens with zero attached hydrogens (tertiary/aromatic N) is 1. The molecule has 1 fully saturated rings. The van der Waals surface area contributed by atoms with E-state index in [0.29, 0.717) is 17.5 Å². The minimum atomic E-state index is 0.0352. The van der Waals surface area contributed by atoms with Crippen LogP contribution in [-0.2, 0) is 6.42 Å². The van der Waals surface area contributed by atoms with Crippen LogP contribution in [0, 0.1) is 11.3 Å². The molecule has 6 rings (SSSR count). The molecule has 136 valence electrons. The molecular weight excluding hydrogens is 334 g/mol. The van der Waals surface area contributed by atoms with Gasteiger partial charge in [0.2, 0.25) is 0 Å². The van der Waals surface area contributed by atoms with Crippen LogP contribution >= 0.6 is 0 Å². The number of carbonyl (C=O) groups is 1. The molecule has 3 aliphatic rings. The van der Waals surface area contributed by atoms with E-state index in [0.717, 1.165) is 40.9 Å². The number of hydrogen-bond donors (Lipinski definition) is 2. The van der Waals surface area contributed by atoms with Crippen LogP contribution < -0.4 is 5.73 Å². The summed E-state index contributed by atoms with van der Waals surface area (Å²) in [6, 6.07) is 14.2. The van der Waals surface area contributed by atoms with Gasteiger partial charge in [0, 0.05) is 41.3 Å². The van der Waals surface area contributed by atoms with Crippen LogP contribution in [0.4, 0.5) is 5.82 Å². The first-order chi connectivity index (χ1) is 13.0. The Labute approximate surface area is 158 Å². The summed E-state index contributed by atoms with van der Waals surface area (Å²) in [4.78, 5) is 21.1. The number of Topliss-reactive ketones (excluding diaryl/α,β-unsaturated/α-hetero) is 1. The van der Waals surface area contributed by atoms with E-state index in [1.165, 1.54) is 5.56 Å². The number of H-pyrrole nitrogens is 1. The SMILES string of the molecule is CC1(C)[C@@H]2C[C@H]1c1[nH]c(-c3ccnc(N)c3)c(Cc3ccccc3)c1C2=O. The number of nitrogens with one attached hydrogen (secondary N) is 1. The molecule has 0 unspecified atom stereocenters. The quantitative estimate of drug-likeness (QED) is 0.721. The van der Waals surface area contributed by atoms with E-state index in [9.17, 15) is 4.79 Å². The predicted molar refractivity (Wildman–Crippen MR) is 107 cm³/mol. The Kier molecular flexibility index (Phi) is 3.36. The van der Waals surface area contributed by atoms with Crippen LogP contribution in [0.25, 0.3) is 11.3 Å². The largest absolute Gasteiger partial charge is 0.384 e. The average Bonchev–Trinajstić information content (AvgIpc) is 3.02. The summed E-state index contributed by atoms with van der Waals surface area (Å²) < 4.78 is 0. The summed E-state index contributed by atoms with van der Waals surface area (Å²) >= 11 is 0. The molecule has 1 aromatic carbocycles. The van der Waals surface area contributed by atoms with Crippen molar-refractivity contribution in [3.8, 4) is 11.3 Å². The topological polar surface area (TPSA) is 71.8 Å². The molecule has 2 bridgehead atoms. The zero-order valence-corrected chi connectivity index (χ0v) is 15.6. The van der Waals surface area contributed by atoms with Gasteiger partial charge in [0.15, 0.2) is 5.78 Å². The maximum Gasteiger partial charge on any atom is 0.168 e. The lowest BCUT2D eigenvalue weighted by atomic mass is 9.48.